The molecule has 2 unspecified atom stereocenters. The smallest absolute Gasteiger partial charge is 0.264 e. The second kappa shape index (κ2) is 14.1. The third kappa shape index (κ3) is 5.39. The van der Waals surface area contributed by atoms with Gasteiger partial charge < -0.3 is 14.7 Å². The Labute approximate surface area is 416 Å². The summed E-state index contributed by atoms with van der Waals surface area (Å²) >= 11 is 5.82. The number of hydrogen-bond acceptors (Lipinski definition) is 6. The molecule has 3 aromatic heterocycles. The lowest BCUT2D eigenvalue weighted by Gasteiger charge is -2.50. The Morgan fingerprint density at radius 1 is 0.493 bits per heavy atom. The highest BCUT2D eigenvalue weighted by Gasteiger charge is 2.58. The highest BCUT2D eigenvalue weighted by molar-refractivity contribution is 7.34. The van der Waals surface area contributed by atoms with Crippen LogP contribution < -0.4 is 30.4 Å². The Bertz CT molecular complexity index is 4000. The van der Waals surface area contributed by atoms with Crippen LogP contribution in [0.1, 0.15) is 71.4 Å². The van der Waals surface area contributed by atoms with Crippen LogP contribution in [0, 0.1) is 0 Å². The van der Waals surface area contributed by atoms with E-state index in [1.165, 1.54) is 148 Å². The first kappa shape index (κ1) is 40.5. The predicted octanol–water partition coefficient (Wildman–Crippen LogP) is 16.8. The molecular weight excluding hydrogens is 894 g/mol. The van der Waals surface area contributed by atoms with E-state index in [0.717, 1.165) is 0 Å². The van der Waals surface area contributed by atoms with Crippen LogP contribution in [0.3, 0.4) is 0 Å². The van der Waals surface area contributed by atoms with E-state index in [-0.39, 0.29) is 23.1 Å². The fraction of sp³-hybridized carbons (Fsp3) is 0.194. The first-order valence-corrected chi connectivity index (χ1v) is 27.2. The number of rotatable bonds is 3. The normalized spacial score (nSPS) is 19.4. The minimum atomic E-state index is -0.0510. The van der Waals surface area contributed by atoms with Crippen LogP contribution in [0.4, 0.5) is 45.5 Å². The third-order valence-electron chi connectivity index (χ3n) is 16.9. The lowest BCUT2D eigenvalue weighted by Crippen LogP contribution is -2.60. The Kier molecular flexibility index (Phi) is 8.29. The maximum absolute atomic E-state index is 2.76. The number of nitrogens with zero attached hydrogens (tertiary/aromatic N) is 3. The van der Waals surface area contributed by atoms with Gasteiger partial charge in [0.1, 0.15) is 0 Å². The molecule has 0 saturated heterocycles. The highest BCUT2D eigenvalue weighted by atomic mass is 32.1. The summed E-state index contributed by atoms with van der Waals surface area (Å²) in [6, 6.07) is 63.5. The lowest BCUT2D eigenvalue weighted by atomic mass is 9.36. The zero-order chi connectivity index (χ0) is 46.1. The molecule has 334 valence electrons. The molecule has 1 fully saturated rings. The molecule has 0 spiro atoms. The minimum absolute atomic E-state index is 0.00152. The van der Waals surface area contributed by atoms with Gasteiger partial charge in [-0.05, 0) is 126 Å². The highest BCUT2D eigenvalue weighted by Crippen LogP contribution is 2.61. The molecule has 15 rings (SSSR count). The number of para-hydroxylation sites is 1. The second-order valence-corrected chi connectivity index (χ2v) is 24.7. The molecule has 4 aliphatic rings. The fourth-order valence-corrected chi connectivity index (χ4v) is 17.0. The molecule has 8 aromatic carbocycles. The molecule has 0 amide bonds. The standard InChI is InChI=1S/C62H50BN3S3/c1-60(2,3)37-26-30-55-44(34-37)57-59(69-55)63-46-29-27-39(66-47-20-9-8-19-45(47)61(4)32-12-13-33-62(61,66)5)36-51(46)64(38-28-31-54-43(35-38)41-17-7-10-24-52(41)67-54)48-21-15-22-49(56(48)63)65(57)50-23-14-18-42-40-16-6-11-25-53(40)68-58(42)50/h6-11,14-31,34-36H,12-13,32-33H2,1-5H3. The van der Waals surface area contributed by atoms with Crippen molar-refractivity contribution in [3.63, 3.8) is 0 Å². The van der Waals surface area contributed by atoms with Crippen LogP contribution in [0.5, 0.6) is 0 Å². The van der Waals surface area contributed by atoms with Crippen molar-refractivity contribution < 1.29 is 0 Å². The van der Waals surface area contributed by atoms with Gasteiger partial charge >= 0.3 is 0 Å². The average Bonchev–Trinajstić information content (AvgIpc) is 4.10. The van der Waals surface area contributed by atoms with Gasteiger partial charge in [0, 0.05) is 90.0 Å². The Balaban J connectivity index is 1.03. The number of fused-ring (bicyclic) bond motifs is 15. The van der Waals surface area contributed by atoms with Gasteiger partial charge in [0.15, 0.2) is 0 Å². The number of thiophene rings is 3. The number of hydrogen-bond donors (Lipinski definition) is 0. The van der Waals surface area contributed by atoms with Crippen molar-refractivity contribution in [2.45, 2.75) is 76.7 Å². The average molecular weight is 944 g/mol. The van der Waals surface area contributed by atoms with Crippen LogP contribution in [-0.4, -0.2) is 12.3 Å². The molecule has 0 radical (unpaired) electrons. The monoisotopic (exact) mass is 943 g/mol. The van der Waals surface area contributed by atoms with Crippen molar-refractivity contribution in [2.75, 3.05) is 14.7 Å². The molecular formula is C62H50BN3S3. The van der Waals surface area contributed by atoms with Gasteiger partial charge in [-0.3, -0.25) is 0 Å². The zero-order valence-electron chi connectivity index (χ0n) is 39.6. The van der Waals surface area contributed by atoms with E-state index < -0.39 is 0 Å². The van der Waals surface area contributed by atoms with E-state index in [0.29, 0.717) is 0 Å². The maximum Gasteiger partial charge on any atom is 0.264 e. The Morgan fingerprint density at radius 3 is 1.97 bits per heavy atom. The maximum atomic E-state index is 2.76. The summed E-state index contributed by atoms with van der Waals surface area (Å²) in [5.74, 6) is 0. The molecule has 1 aliphatic carbocycles. The molecule has 69 heavy (non-hydrogen) atoms. The number of anilines is 8. The van der Waals surface area contributed by atoms with Crippen LogP contribution in [0.2, 0.25) is 0 Å². The Hall–Kier alpha value is -6.38. The molecule has 3 nitrogen and oxygen atoms in total. The van der Waals surface area contributed by atoms with Crippen LogP contribution in [-0.2, 0) is 10.8 Å². The molecule has 11 aromatic rings. The number of benzene rings is 8. The van der Waals surface area contributed by atoms with Gasteiger partial charge in [0.25, 0.3) is 6.71 Å². The van der Waals surface area contributed by atoms with Crippen LogP contribution >= 0.6 is 34.0 Å². The molecule has 7 heteroatoms. The van der Waals surface area contributed by atoms with Crippen LogP contribution in [0.25, 0.3) is 50.4 Å². The van der Waals surface area contributed by atoms with Crippen molar-refractivity contribution >= 4 is 152 Å². The fourth-order valence-electron chi connectivity index (χ4n) is 13.4. The quantitative estimate of drug-likeness (QED) is 0.163. The van der Waals surface area contributed by atoms with Gasteiger partial charge in [0.05, 0.1) is 21.6 Å². The summed E-state index contributed by atoms with van der Waals surface area (Å²) < 4.78 is 8.06. The minimum Gasteiger partial charge on any atom is -0.334 e. The van der Waals surface area contributed by atoms with Gasteiger partial charge in [-0.1, -0.05) is 125 Å². The van der Waals surface area contributed by atoms with Crippen LogP contribution in [0.15, 0.2) is 164 Å². The third-order valence-corrected chi connectivity index (χ3v) is 20.5. The molecule has 1 saturated carbocycles. The van der Waals surface area contributed by atoms with E-state index in [1.807, 2.05) is 34.0 Å². The SMILES string of the molecule is CC(C)(C)c1ccc2sc3c(c2c1)N(c1cccc2c1sc1ccccc12)c1cccc2c1B3c1ccc(N3c4ccccc4C4(C)CCCCC34C)cc1N2c1ccc2sc3ccccc3c2c1. The summed E-state index contributed by atoms with van der Waals surface area (Å²) in [4.78, 5) is 8.07. The van der Waals surface area contributed by atoms with Crippen molar-refractivity contribution in [1.29, 1.82) is 0 Å². The summed E-state index contributed by atoms with van der Waals surface area (Å²) in [6.07, 6.45) is 4.89. The van der Waals surface area contributed by atoms with Crippen molar-refractivity contribution in [1.82, 2.24) is 0 Å². The van der Waals surface area contributed by atoms with Gasteiger partial charge in [-0.2, -0.15) is 0 Å². The van der Waals surface area contributed by atoms with E-state index in [1.54, 1.807) is 0 Å². The van der Waals surface area contributed by atoms with Crippen molar-refractivity contribution in [3.05, 3.63) is 175 Å². The van der Waals surface area contributed by atoms with E-state index in [2.05, 4.69) is 213 Å². The summed E-state index contributed by atoms with van der Waals surface area (Å²) in [7, 11) is 0. The summed E-state index contributed by atoms with van der Waals surface area (Å²) in [5.41, 5.74) is 15.8. The van der Waals surface area contributed by atoms with E-state index in [9.17, 15) is 0 Å². The van der Waals surface area contributed by atoms with Gasteiger partial charge in [0.2, 0.25) is 0 Å². The Morgan fingerprint density at radius 2 is 1.13 bits per heavy atom. The van der Waals surface area contributed by atoms with E-state index in [4.69, 9.17) is 0 Å². The molecule has 6 heterocycles. The second-order valence-electron chi connectivity index (χ2n) is 21.5. The summed E-state index contributed by atoms with van der Waals surface area (Å²) in [6.45, 7) is 12.2. The molecule has 3 aliphatic heterocycles. The molecule has 2 atom stereocenters. The predicted molar refractivity (Wildman–Crippen MR) is 303 cm³/mol. The first-order valence-electron chi connectivity index (χ1n) is 24.7. The lowest BCUT2D eigenvalue weighted by molar-refractivity contribution is 0.195. The molecule has 0 bridgehead atoms. The van der Waals surface area contributed by atoms with Gasteiger partial charge in [-0.15, -0.1) is 34.0 Å². The first-order chi connectivity index (χ1) is 33.6. The topological polar surface area (TPSA) is 9.72 Å². The van der Waals surface area contributed by atoms with Gasteiger partial charge in [-0.25, -0.2) is 0 Å². The molecule has 0 N–H and O–H groups in total. The van der Waals surface area contributed by atoms with E-state index >= 15 is 0 Å². The van der Waals surface area contributed by atoms with Crippen molar-refractivity contribution in [2.24, 2.45) is 0 Å². The largest absolute Gasteiger partial charge is 0.334 e. The summed E-state index contributed by atoms with van der Waals surface area (Å²) in [5, 5.41) is 6.62. The zero-order valence-corrected chi connectivity index (χ0v) is 42.0. The van der Waals surface area contributed by atoms with Crippen molar-refractivity contribution in [3.8, 4) is 0 Å².